The molecule has 2 aromatic rings. The highest BCUT2D eigenvalue weighted by molar-refractivity contribution is 5.91. The van der Waals surface area contributed by atoms with Crippen molar-refractivity contribution in [3.05, 3.63) is 29.2 Å². The van der Waals surface area contributed by atoms with Crippen LogP contribution in [0.3, 0.4) is 0 Å². The third-order valence-corrected chi connectivity index (χ3v) is 5.63. The van der Waals surface area contributed by atoms with Crippen LogP contribution in [0.5, 0.6) is 0 Å². The van der Waals surface area contributed by atoms with Crippen molar-refractivity contribution in [2.24, 2.45) is 7.05 Å². The van der Waals surface area contributed by atoms with Gasteiger partial charge in [0.2, 0.25) is 5.91 Å². The van der Waals surface area contributed by atoms with Crippen LogP contribution in [-0.4, -0.2) is 44.1 Å². The van der Waals surface area contributed by atoms with Crippen LogP contribution in [0.2, 0.25) is 0 Å². The predicted octanol–water partition coefficient (Wildman–Crippen LogP) is 2.79. The molecule has 0 unspecified atom stereocenters. The van der Waals surface area contributed by atoms with Gasteiger partial charge in [0.1, 0.15) is 6.10 Å². The molecule has 29 heavy (non-hydrogen) atoms. The zero-order chi connectivity index (χ0) is 21.0. The van der Waals surface area contributed by atoms with E-state index in [1.54, 1.807) is 10.9 Å². The number of ether oxygens (including phenoxy) is 1. The lowest BCUT2D eigenvalue weighted by atomic mass is 10.0. The van der Waals surface area contributed by atoms with Crippen molar-refractivity contribution in [2.75, 3.05) is 5.32 Å². The summed E-state index contributed by atoms with van der Waals surface area (Å²) in [5.74, 6) is 0.606. The molecular weight excluding hydrogens is 372 g/mol. The van der Waals surface area contributed by atoms with Crippen LogP contribution in [0, 0.1) is 6.92 Å². The topological polar surface area (TPSA) is 114 Å². The summed E-state index contributed by atoms with van der Waals surface area (Å²) >= 11 is 0. The first-order chi connectivity index (χ1) is 13.9. The lowest BCUT2D eigenvalue weighted by Gasteiger charge is -2.16. The van der Waals surface area contributed by atoms with Crippen LogP contribution in [-0.2, 0) is 23.0 Å². The van der Waals surface area contributed by atoms with Gasteiger partial charge in [-0.3, -0.25) is 14.6 Å². The van der Waals surface area contributed by atoms with E-state index in [1.165, 1.54) is 0 Å². The molecule has 3 atom stereocenters. The van der Waals surface area contributed by atoms with E-state index in [4.69, 9.17) is 4.74 Å². The van der Waals surface area contributed by atoms with Gasteiger partial charge < -0.3 is 15.4 Å². The largest absolute Gasteiger partial charge is 0.446 e. The van der Waals surface area contributed by atoms with Crippen molar-refractivity contribution >= 4 is 17.8 Å². The monoisotopic (exact) mass is 402 g/mol. The maximum atomic E-state index is 12.3. The fraction of sp³-hybridized carbons (Fsp3) is 0.600. The van der Waals surface area contributed by atoms with Crippen LogP contribution in [0.25, 0.3) is 0 Å². The molecule has 158 valence electrons. The normalized spacial score (nSPS) is 19.7. The van der Waals surface area contributed by atoms with Gasteiger partial charge in [-0.05, 0) is 39.5 Å². The summed E-state index contributed by atoms with van der Waals surface area (Å²) in [6.07, 6.45) is 4.86. The molecule has 0 aliphatic heterocycles. The first-order valence-corrected chi connectivity index (χ1v) is 10.2. The average molecular weight is 402 g/mol. The Morgan fingerprint density at radius 1 is 1.41 bits per heavy atom. The third kappa shape index (κ3) is 5.36. The highest BCUT2D eigenvalue weighted by Crippen LogP contribution is 2.35. The summed E-state index contributed by atoms with van der Waals surface area (Å²) in [4.78, 5) is 24.2. The molecular formula is C20H30N6O3. The van der Waals surface area contributed by atoms with E-state index in [0.717, 1.165) is 42.6 Å². The second kappa shape index (κ2) is 9.11. The van der Waals surface area contributed by atoms with Gasteiger partial charge >= 0.3 is 6.09 Å². The highest BCUT2D eigenvalue weighted by Gasteiger charge is 2.30. The van der Waals surface area contributed by atoms with Gasteiger partial charge in [-0.15, -0.1) is 0 Å². The minimum atomic E-state index is -0.353. The summed E-state index contributed by atoms with van der Waals surface area (Å²) in [5.41, 5.74) is 2.82. The fourth-order valence-corrected chi connectivity index (χ4v) is 3.51. The molecule has 1 saturated carbocycles. The Hall–Kier alpha value is -2.84. The Bertz CT molecular complexity index is 858. The number of anilines is 1. The molecule has 1 fully saturated rings. The summed E-state index contributed by atoms with van der Waals surface area (Å²) in [6, 6.07) is 1.97. The van der Waals surface area contributed by atoms with E-state index in [1.807, 2.05) is 33.9 Å². The maximum Gasteiger partial charge on any atom is 0.407 e. The number of amides is 2. The van der Waals surface area contributed by atoms with Crippen molar-refractivity contribution in [1.29, 1.82) is 0 Å². The van der Waals surface area contributed by atoms with Crippen LogP contribution < -0.4 is 10.6 Å². The van der Waals surface area contributed by atoms with Crippen LogP contribution in [0.15, 0.2) is 12.3 Å². The zero-order valence-corrected chi connectivity index (χ0v) is 17.5. The number of nitrogens with one attached hydrogen (secondary N) is 3. The van der Waals surface area contributed by atoms with Crippen molar-refractivity contribution < 1.29 is 14.3 Å². The summed E-state index contributed by atoms with van der Waals surface area (Å²) in [7, 11) is 1.85. The van der Waals surface area contributed by atoms with Gasteiger partial charge in [0, 0.05) is 42.0 Å². The molecule has 0 radical (unpaired) electrons. The number of aromatic nitrogens is 4. The molecule has 0 spiro atoms. The lowest BCUT2D eigenvalue weighted by molar-refractivity contribution is -0.115. The number of aromatic amines is 1. The first kappa shape index (κ1) is 20.9. The van der Waals surface area contributed by atoms with E-state index >= 15 is 0 Å². The molecule has 2 heterocycles. The fourth-order valence-electron chi connectivity index (χ4n) is 3.51. The SMILES string of the molecule is CC[C@H](C)NC(=O)O[C@@H]1CC[C@H](c2cc(NC(=O)Cc3cnn(C)c3C)n[nH]2)C1. The highest BCUT2D eigenvalue weighted by atomic mass is 16.6. The second-order valence-corrected chi connectivity index (χ2v) is 7.80. The minimum Gasteiger partial charge on any atom is -0.446 e. The van der Waals surface area contributed by atoms with E-state index in [2.05, 4.69) is 25.9 Å². The van der Waals surface area contributed by atoms with Crippen molar-refractivity contribution in [2.45, 2.75) is 70.9 Å². The van der Waals surface area contributed by atoms with E-state index in [9.17, 15) is 9.59 Å². The van der Waals surface area contributed by atoms with Gasteiger partial charge in [0.25, 0.3) is 0 Å². The van der Waals surface area contributed by atoms with Crippen LogP contribution >= 0.6 is 0 Å². The van der Waals surface area contributed by atoms with Crippen molar-refractivity contribution in [1.82, 2.24) is 25.3 Å². The zero-order valence-electron chi connectivity index (χ0n) is 17.5. The van der Waals surface area contributed by atoms with Gasteiger partial charge in [0.05, 0.1) is 12.6 Å². The number of rotatable bonds is 7. The molecule has 1 aliphatic carbocycles. The minimum absolute atomic E-state index is 0.0982. The number of hydrogen-bond donors (Lipinski definition) is 3. The maximum absolute atomic E-state index is 12.3. The molecule has 0 aromatic carbocycles. The summed E-state index contributed by atoms with van der Waals surface area (Å²) in [6.45, 7) is 5.90. The molecule has 0 saturated heterocycles. The third-order valence-electron chi connectivity index (χ3n) is 5.63. The summed E-state index contributed by atoms with van der Waals surface area (Å²) in [5, 5.41) is 17.0. The molecule has 2 aromatic heterocycles. The van der Waals surface area contributed by atoms with Crippen molar-refractivity contribution in [3.63, 3.8) is 0 Å². The predicted molar refractivity (Wildman–Crippen MR) is 109 cm³/mol. The van der Waals surface area contributed by atoms with Crippen LogP contribution in [0.4, 0.5) is 10.6 Å². The van der Waals surface area contributed by atoms with Gasteiger partial charge in [-0.25, -0.2) is 4.79 Å². The smallest absolute Gasteiger partial charge is 0.407 e. The Kier molecular flexibility index (Phi) is 6.56. The van der Waals surface area contributed by atoms with Gasteiger partial charge in [-0.2, -0.15) is 10.2 Å². The molecule has 9 heteroatoms. The Balaban J connectivity index is 1.49. The van der Waals surface area contributed by atoms with Gasteiger partial charge in [-0.1, -0.05) is 6.92 Å². The number of carbonyl (C=O) groups is 2. The van der Waals surface area contributed by atoms with E-state index < -0.39 is 0 Å². The van der Waals surface area contributed by atoms with Crippen molar-refractivity contribution in [3.8, 4) is 0 Å². The number of nitrogens with zero attached hydrogens (tertiary/aromatic N) is 3. The summed E-state index contributed by atoms with van der Waals surface area (Å²) < 4.78 is 7.27. The molecule has 0 bridgehead atoms. The lowest BCUT2D eigenvalue weighted by Crippen LogP contribution is -2.34. The Morgan fingerprint density at radius 2 is 2.21 bits per heavy atom. The van der Waals surface area contributed by atoms with Gasteiger partial charge in [0.15, 0.2) is 5.82 Å². The number of alkyl carbamates (subject to hydrolysis) is 1. The Morgan fingerprint density at radius 3 is 2.90 bits per heavy atom. The van der Waals surface area contributed by atoms with Crippen LogP contribution in [0.1, 0.15) is 62.4 Å². The molecule has 2 amide bonds. The first-order valence-electron chi connectivity index (χ1n) is 10.2. The number of aryl methyl sites for hydroxylation is 1. The number of carbonyl (C=O) groups excluding carboxylic acids is 2. The number of H-pyrrole nitrogens is 1. The average Bonchev–Trinajstić information content (AvgIpc) is 3.39. The standard InChI is InChI=1S/C20H30N6O3/c1-5-12(2)22-20(28)29-16-7-6-14(8-16)17-10-18(25-24-17)23-19(27)9-15-11-21-26(4)13(15)3/h10-12,14,16H,5-9H2,1-4H3,(H,22,28)(H2,23,24,25,27)/t12-,14-,16+/m0/s1. The quantitative estimate of drug-likeness (QED) is 0.659. The van der Waals surface area contributed by atoms with E-state index in [0.29, 0.717) is 5.82 Å². The second-order valence-electron chi connectivity index (χ2n) is 7.80. The number of hydrogen-bond acceptors (Lipinski definition) is 5. The molecule has 3 rings (SSSR count). The molecule has 3 N–H and O–H groups in total. The van der Waals surface area contributed by atoms with E-state index in [-0.39, 0.29) is 36.5 Å². The Labute approximate surface area is 170 Å². The molecule has 9 nitrogen and oxygen atoms in total. The molecule has 1 aliphatic rings.